The summed E-state index contributed by atoms with van der Waals surface area (Å²) in [5.74, 6) is 1.47. The highest BCUT2D eigenvalue weighted by atomic mass is 15.2. The number of aliphatic imine (C=N–C) groups is 2. The van der Waals surface area contributed by atoms with E-state index in [-0.39, 0.29) is 0 Å². The van der Waals surface area contributed by atoms with Gasteiger partial charge in [-0.25, -0.2) is 4.99 Å². The van der Waals surface area contributed by atoms with Crippen LogP contribution in [0.1, 0.15) is 44.7 Å². The Morgan fingerprint density at radius 3 is 2.68 bits per heavy atom. The molecule has 0 spiro atoms. The molecule has 136 valence electrons. The lowest BCUT2D eigenvalue weighted by atomic mass is 10.2. The molecule has 1 saturated heterocycles. The molecule has 2 fully saturated rings. The van der Waals surface area contributed by atoms with E-state index in [1.54, 1.807) is 0 Å². The van der Waals surface area contributed by atoms with Crippen LogP contribution in [0.3, 0.4) is 0 Å². The Balaban J connectivity index is 1.60. The first-order valence-electron chi connectivity index (χ1n) is 9.55. The maximum absolute atomic E-state index is 6.15. The Morgan fingerprint density at radius 1 is 1.28 bits per heavy atom. The van der Waals surface area contributed by atoms with Crippen molar-refractivity contribution in [3.63, 3.8) is 0 Å². The van der Waals surface area contributed by atoms with Gasteiger partial charge < -0.3 is 16.0 Å². The van der Waals surface area contributed by atoms with Crippen molar-refractivity contribution in [1.82, 2.24) is 10.3 Å². The van der Waals surface area contributed by atoms with Gasteiger partial charge in [-0.3, -0.25) is 9.98 Å². The first-order valence-corrected chi connectivity index (χ1v) is 9.55. The summed E-state index contributed by atoms with van der Waals surface area (Å²) in [6.45, 7) is 6.21. The summed E-state index contributed by atoms with van der Waals surface area (Å²) in [7, 11) is 0. The molecule has 0 aromatic carbocycles. The van der Waals surface area contributed by atoms with Gasteiger partial charge in [-0.05, 0) is 25.0 Å². The number of nitrogens with zero attached hydrogens (tertiary/aromatic N) is 4. The van der Waals surface area contributed by atoms with Crippen LogP contribution < -0.4 is 16.0 Å². The number of aromatic nitrogens is 1. The van der Waals surface area contributed by atoms with Crippen LogP contribution in [-0.4, -0.2) is 48.9 Å². The molecule has 6 heteroatoms. The largest absolute Gasteiger partial charge is 0.387 e. The van der Waals surface area contributed by atoms with E-state index < -0.39 is 0 Å². The topological polar surface area (TPSA) is 78.9 Å². The lowest BCUT2D eigenvalue weighted by molar-refractivity contribution is 0.588. The average molecular weight is 342 g/mol. The van der Waals surface area contributed by atoms with Crippen molar-refractivity contribution in [2.24, 2.45) is 15.7 Å². The number of nitrogens with one attached hydrogen (secondary N) is 1. The zero-order valence-corrected chi connectivity index (χ0v) is 15.2. The second kappa shape index (κ2) is 8.94. The highest BCUT2D eigenvalue weighted by molar-refractivity contribution is 5.97. The van der Waals surface area contributed by atoms with Crippen molar-refractivity contribution in [2.75, 3.05) is 31.1 Å². The average Bonchev–Trinajstić information content (AvgIpc) is 3.15. The third-order valence-electron chi connectivity index (χ3n) is 4.90. The van der Waals surface area contributed by atoms with E-state index in [4.69, 9.17) is 10.7 Å². The van der Waals surface area contributed by atoms with E-state index in [0.717, 1.165) is 44.1 Å². The Labute approximate surface area is 150 Å². The summed E-state index contributed by atoms with van der Waals surface area (Å²) >= 11 is 0. The molecule has 1 aliphatic carbocycles. The number of hydrogen-bond acceptors (Lipinski definition) is 4. The zero-order chi connectivity index (χ0) is 17.5. The standard InChI is InChI=1S/C19H30N6/c1-2-19(23-15-5-3-4-6-15)24-18(20)13-16-7-8-17(14-22-16)25-11-9-21-10-12-25/h7-8,14-15,21H,2-6,9-13H2,1H3,(H2,20,23,24). The van der Waals surface area contributed by atoms with Gasteiger partial charge in [0.05, 0.1) is 17.9 Å². The lowest BCUT2D eigenvalue weighted by Gasteiger charge is -2.29. The number of piperazine rings is 1. The van der Waals surface area contributed by atoms with Crippen molar-refractivity contribution in [3.8, 4) is 0 Å². The Bertz CT molecular complexity index is 595. The molecule has 2 aliphatic rings. The van der Waals surface area contributed by atoms with E-state index in [0.29, 0.717) is 18.3 Å². The Kier molecular flexibility index (Phi) is 6.39. The fraction of sp³-hybridized carbons (Fsp3) is 0.632. The molecule has 0 bridgehead atoms. The third kappa shape index (κ3) is 5.26. The summed E-state index contributed by atoms with van der Waals surface area (Å²) in [5.41, 5.74) is 8.28. The third-order valence-corrected chi connectivity index (χ3v) is 4.90. The minimum absolute atomic E-state index is 0.447. The molecular weight excluding hydrogens is 312 g/mol. The molecule has 2 heterocycles. The quantitative estimate of drug-likeness (QED) is 0.635. The molecule has 3 N–H and O–H groups in total. The monoisotopic (exact) mass is 342 g/mol. The van der Waals surface area contributed by atoms with E-state index >= 15 is 0 Å². The van der Waals surface area contributed by atoms with Gasteiger partial charge in [0.1, 0.15) is 11.7 Å². The molecule has 1 aromatic rings. The number of nitrogens with two attached hydrogens (primary N) is 1. The molecule has 0 radical (unpaired) electrons. The number of anilines is 1. The summed E-state index contributed by atoms with van der Waals surface area (Å²) in [5, 5.41) is 3.37. The second-order valence-corrected chi connectivity index (χ2v) is 6.86. The normalized spacial score (nSPS) is 20.3. The molecule has 1 saturated carbocycles. The predicted molar refractivity (Wildman–Crippen MR) is 105 cm³/mol. The fourth-order valence-corrected chi connectivity index (χ4v) is 3.47. The van der Waals surface area contributed by atoms with Crippen LogP contribution in [0.5, 0.6) is 0 Å². The van der Waals surface area contributed by atoms with Crippen LogP contribution >= 0.6 is 0 Å². The van der Waals surface area contributed by atoms with Crippen molar-refractivity contribution < 1.29 is 0 Å². The van der Waals surface area contributed by atoms with Crippen LogP contribution in [0.2, 0.25) is 0 Å². The summed E-state index contributed by atoms with van der Waals surface area (Å²) < 4.78 is 0. The molecular formula is C19H30N6. The lowest BCUT2D eigenvalue weighted by Crippen LogP contribution is -2.43. The van der Waals surface area contributed by atoms with Gasteiger partial charge >= 0.3 is 0 Å². The fourth-order valence-electron chi connectivity index (χ4n) is 3.47. The van der Waals surface area contributed by atoms with Crippen molar-refractivity contribution in [2.45, 2.75) is 51.5 Å². The van der Waals surface area contributed by atoms with Gasteiger partial charge in [0.2, 0.25) is 0 Å². The number of pyridine rings is 1. The molecule has 1 aromatic heterocycles. The van der Waals surface area contributed by atoms with E-state index in [2.05, 4.69) is 39.2 Å². The van der Waals surface area contributed by atoms with Crippen LogP contribution in [0.4, 0.5) is 5.69 Å². The summed E-state index contributed by atoms with van der Waals surface area (Å²) in [4.78, 5) is 16.2. The molecule has 0 unspecified atom stereocenters. The van der Waals surface area contributed by atoms with Gasteiger partial charge in [0.25, 0.3) is 0 Å². The molecule has 0 atom stereocenters. The van der Waals surface area contributed by atoms with Crippen LogP contribution in [0.25, 0.3) is 0 Å². The van der Waals surface area contributed by atoms with Gasteiger partial charge in [-0.15, -0.1) is 0 Å². The molecule has 0 amide bonds. The van der Waals surface area contributed by atoms with Gasteiger partial charge in [0, 0.05) is 44.7 Å². The van der Waals surface area contributed by atoms with Crippen LogP contribution in [0.15, 0.2) is 28.3 Å². The van der Waals surface area contributed by atoms with Crippen molar-refractivity contribution in [1.29, 1.82) is 0 Å². The maximum Gasteiger partial charge on any atom is 0.125 e. The number of amidine groups is 2. The molecule has 3 rings (SSSR count). The van der Waals surface area contributed by atoms with E-state index in [9.17, 15) is 0 Å². The first kappa shape index (κ1) is 17.9. The molecule has 1 aliphatic heterocycles. The van der Waals surface area contributed by atoms with Crippen LogP contribution in [-0.2, 0) is 6.42 Å². The minimum atomic E-state index is 0.447. The highest BCUT2D eigenvalue weighted by Gasteiger charge is 2.14. The Morgan fingerprint density at radius 2 is 2.04 bits per heavy atom. The second-order valence-electron chi connectivity index (χ2n) is 6.86. The first-order chi connectivity index (χ1) is 12.2. The maximum atomic E-state index is 6.15. The molecule has 6 nitrogen and oxygen atoms in total. The number of hydrogen-bond donors (Lipinski definition) is 2. The smallest absolute Gasteiger partial charge is 0.125 e. The molecule has 25 heavy (non-hydrogen) atoms. The number of rotatable bonds is 5. The summed E-state index contributed by atoms with van der Waals surface area (Å²) in [6, 6.07) is 4.64. The van der Waals surface area contributed by atoms with Crippen molar-refractivity contribution >= 4 is 17.4 Å². The summed E-state index contributed by atoms with van der Waals surface area (Å²) in [6.07, 6.45) is 8.29. The van der Waals surface area contributed by atoms with Crippen molar-refractivity contribution in [3.05, 3.63) is 24.0 Å². The Hall–Kier alpha value is -1.95. The SMILES string of the molecule is CCC(N=C(N)Cc1ccc(N2CCNCC2)cn1)=NC1CCCC1. The zero-order valence-electron chi connectivity index (χ0n) is 15.2. The highest BCUT2D eigenvalue weighted by Crippen LogP contribution is 2.21. The van der Waals surface area contributed by atoms with E-state index in [1.165, 1.54) is 31.4 Å². The van der Waals surface area contributed by atoms with Gasteiger partial charge in [-0.1, -0.05) is 19.8 Å². The van der Waals surface area contributed by atoms with Gasteiger partial charge in [-0.2, -0.15) is 0 Å². The van der Waals surface area contributed by atoms with Gasteiger partial charge in [0.15, 0.2) is 0 Å². The van der Waals surface area contributed by atoms with E-state index in [1.807, 2.05) is 6.20 Å². The predicted octanol–water partition coefficient (Wildman–Crippen LogP) is 2.14. The minimum Gasteiger partial charge on any atom is -0.387 e. The van der Waals surface area contributed by atoms with Crippen LogP contribution in [0, 0.1) is 0 Å².